The number of benzene rings is 1. The molecule has 4 heteroatoms. The first-order valence-corrected chi connectivity index (χ1v) is 6.85. The highest BCUT2D eigenvalue weighted by Gasteiger charge is 2.41. The molecule has 3 rings (SSSR count). The van der Waals surface area contributed by atoms with Crippen LogP contribution in [0.15, 0.2) is 22.7 Å². The van der Waals surface area contributed by atoms with Gasteiger partial charge in [-0.3, -0.25) is 0 Å². The van der Waals surface area contributed by atoms with Crippen molar-refractivity contribution in [3.8, 4) is 5.75 Å². The van der Waals surface area contributed by atoms with Gasteiger partial charge in [0.1, 0.15) is 11.4 Å². The lowest BCUT2D eigenvalue weighted by atomic mass is 9.82. The molecule has 1 spiro atoms. The van der Waals surface area contributed by atoms with Gasteiger partial charge in [-0.2, -0.15) is 0 Å². The average Bonchev–Trinajstić information content (AvgIpc) is 2.31. The van der Waals surface area contributed by atoms with Crippen molar-refractivity contribution in [3.63, 3.8) is 0 Å². The van der Waals surface area contributed by atoms with Crippen molar-refractivity contribution in [3.05, 3.63) is 28.2 Å². The van der Waals surface area contributed by atoms with Crippen molar-refractivity contribution in [2.45, 2.75) is 31.0 Å². The Morgan fingerprint density at radius 1 is 1.35 bits per heavy atom. The van der Waals surface area contributed by atoms with Gasteiger partial charge in [0, 0.05) is 16.5 Å². The molecule has 0 saturated carbocycles. The van der Waals surface area contributed by atoms with Gasteiger partial charge in [0.25, 0.3) is 0 Å². The topological polar surface area (TPSA) is 41.5 Å². The summed E-state index contributed by atoms with van der Waals surface area (Å²) in [7, 11) is 0. The van der Waals surface area contributed by atoms with Crippen LogP contribution in [0.5, 0.6) is 5.75 Å². The predicted molar refractivity (Wildman–Crippen MR) is 69.2 cm³/mol. The van der Waals surface area contributed by atoms with E-state index in [1.807, 2.05) is 18.2 Å². The Kier molecular flexibility index (Phi) is 2.89. The van der Waals surface area contributed by atoms with Gasteiger partial charge in [-0.25, -0.2) is 0 Å². The molecule has 17 heavy (non-hydrogen) atoms. The molecular weight excluding hydrogens is 282 g/mol. The van der Waals surface area contributed by atoms with Crippen molar-refractivity contribution in [2.75, 3.05) is 13.1 Å². The van der Waals surface area contributed by atoms with Gasteiger partial charge in [0.2, 0.25) is 0 Å². The largest absolute Gasteiger partial charge is 0.487 e. The summed E-state index contributed by atoms with van der Waals surface area (Å²) in [4.78, 5) is 0. The summed E-state index contributed by atoms with van der Waals surface area (Å²) in [6, 6.07) is 5.87. The fraction of sp³-hybridized carbons (Fsp3) is 0.538. The first kappa shape index (κ1) is 11.5. The van der Waals surface area contributed by atoms with Crippen LogP contribution in [0.25, 0.3) is 0 Å². The maximum absolute atomic E-state index is 10.3. The Hall–Kier alpha value is -0.580. The van der Waals surface area contributed by atoms with E-state index in [0.29, 0.717) is 6.42 Å². The number of fused-ring (bicyclic) bond motifs is 1. The second-order valence-corrected chi connectivity index (χ2v) is 5.85. The van der Waals surface area contributed by atoms with Gasteiger partial charge in [-0.15, -0.1) is 0 Å². The summed E-state index contributed by atoms with van der Waals surface area (Å²) in [5, 5.41) is 13.6. The van der Waals surface area contributed by atoms with E-state index >= 15 is 0 Å². The second kappa shape index (κ2) is 4.26. The molecule has 0 aliphatic carbocycles. The molecule has 1 saturated heterocycles. The first-order chi connectivity index (χ1) is 8.19. The molecule has 0 amide bonds. The molecule has 2 N–H and O–H groups in total. The number of piperidine rings is 1. The lowest BCUT2D eigenvalue weighted by Gasteiger charge is -2.43. The SMILES string of the molecule is OC1CC2(CCNCC2)Oc2ccc(Br)cc21. The lowest BCUT2D eigenvalue weighted by molar-refractivity contribution is -0.0337. The molecule has 1 unspecified atom stereocenters. The molecule has 1 atom stereocenters. The van der Waals surface area contributed by atoms with Crippen molar-refractivity contribution >= 4 is 15.9 Å². The van der Waals surface area contributed by atoms with E-state index in [2.05, 4.69) is 21.2 Å². The van der Waals surface area contributed by atoms with Crippen LogP contribution in [-0.2, 0) is 0 Å². The third-order valence-corrected chi connectivity index (χ3v) is 4.23. The number of aliphatic hydroxyl groups excluding tert-OH is 1. The minimum absolute atomic E-state index is 0.161. The van der Waals surface area contributed by atoms with Gasteiger partial charge in [-0.1, -0.05) is 15.9 Å². The third kappa shape index (κ3) is 2.09. The molecule has 0 aromatic heterocycles. The molecule has 2 heterocycles. The number of aliphatic hydroxyl groups is 1. The van der Waals surface area contributed by atoms with Crippen LogP contribution in [0.3, 0.4) is 0 Å². The van der Waals surface area contributed by atoms with Gasteiger partial charge in [0.05, 0.1) is 6.10 Å². The Bertz CT molecular complexity index is 429. The standard InChI is InChI=1S/C13H16BrNO2/c14-9-1-2-12-10(7-9)11(16)8-13(17-12)3-5-15-6-4-13/h1-2,7,11,15-16H,3-6,8H2. The van der Waals surface area contributed by atoms with Crippen LogP contribution < -0.4 is 10.1 Å². The molecule has 2 aliphatic heterocycles. The van der Waals surface area contributed by atoms with E-state index in [1.165, 1.54) is 0 Å². The highest BCUT2D eigenvalue weighted by molar-refractivity contribution is 9.10. The first-order valence-electron chi connectivity index (χ1n) is 6.06. The number of rotatable bonds is 0. The van der Waals surface area contributed by atoms with Gasteiger partial charge < -0.3 is 15.2 Å². The summed E-state index contributed by atoms with van der Waals surface area (Å²) in [6.07, 6.45) is 2.24. The maximum Gasteiger partial charge on any atom is 0.126 e. The molecule has 1 fully saturated rings. The lowest BCUT2D eigenvalue weighted by Crippen LogP contribution is -2.49. The Morgan fingerprint density at radius 2 is 2.12 bits per heavy atom. The van der Waals surface area contributed by atoms with Crippen LogP contribution in [0, 0.1) is 0 Å². The second-order valence-electron chi connectivity index (χ2n) is 4.94. The number of halogens is 1. The molecule has 0 bridgehead atoms. The predicted octanol–water partition coefficient (Wildman–Crippen LogP) is 2.39. The molecule has 1 aromatic carbocycles. The number of nitrogens with one attached hydrogen (secondary N) is 1. The smallest absolute Gasteiger partial charge is 0.126 e. The summed E-state index contributed by atoms with van der Waals surface area (Å²) < 4.78 is 7.15. The van der Waals surface area contributed by atoms with Crippen LogP contribution >= 0.6 is 15.9 Å². The van der Waals surface area contributed by atoms with Crippen LogP contribution in [0.1, 0.15) is 30.9 Å². The van der Waals surface area contributed by atoms with Crippen molar-refractivity contribution < 1.29 is 9.84 Å². The quantitative estimate of drug-likeness (QED) is 0.773. The zero-order valence-electron chi connectivity index (χ0n) is 9.58. The molecule has 1 aromatic rings. The summed E-state index contributed by atoms with van der Waals surface area (Å²) in [5.41, 5.74) is 0.745. The molecular formula is C13H16BrNO2. The van der Waals surface area contributed by atoms with E-state index in [0.717, 1.165) is 41.7 Å². The zero-order chi connectivity index (χ0) is 11.9. The molecule has 0 radical (unpaired) electrons. The highest BCUT2D eigenvalue weighted by Crippen LogP contribution is 2.44. The highest BCUT2D eigenvalue weighted by atomic mass is 79.9. The van der Waals surface area contributed by atoms with Crippen molar-refractivity contribution in [1.82, 2.24) is 5.32 Å². The minimum Gasteiger partial charge on any atom is -0.487 e. The summed E-state index contributed by atoms with van der Waals surface area (Å²) >= 11 is 3.43. The maximum atomic E-state index is 10.3. The van der Waals surface area contributed by atoms with E-state index in [9.17, 15) is 5.11 Å². The van der Waals surface area contributed by atoms with E-state index in [1.54, 1.807) is 0 Å². The van der Waals surface area contributed by atoms with Crippen LogP contribution in [-0.4, -0.2) is 23.8 Å². The van der Waals surface area contributed by atoms with Gasteiger partial charge in [0.15, 0.2) is 0 Å². The van der Waals surface area contributed by atoms with Crippen LogP contribution in [0.4, 0.5) is 0 Å². The Balaban J connectivity index is 1.94. The number of ether oxygens (including phenoxy) is 1. The Morgan fingerprint density at radius 3 is 2.88 bits per heavy atom. The van der Waals surface area contributed by atoms with E-state index in [-0.39, 0.29) is 5.60 Å². The summed E-state index contributed by atoms with van der Waals surface area (Å²) in [6.45, 7) is 1.94. The fourth-order valence-electron chi connectivity index (χ4n) is 2.80. The molecule has 3 nitrogen and oxygen atoms in total. The monoisotopic (exact) mass is 297 g/mol. The van der Waals surface area contributed by atoms with Crippen molar-refractivity contribution in [2.24, 2.45) is 0 Å². The molecule has 2 aliphatic rings. The zero-order valence-corrected chi connectivity index (χ0v) is 11.2. The van der Waals surface area contributed by atoms with Crippen LogP contribution in [0.2, 0.25) is 0 Å². The normalized spacial score (nSPS) is 26.4. The fourth-order valence-corrected chi connectivity index (χ4v) is 3.18. The number of hydrogen-bond donors (Lipinski definition) is 2. The molecule has 92 valence electrons. The summed E-state index contributed by atoms with van der Waals surface area (Å²) in [5.74, 6) is 0.842. The number of hydrogen-bond acceptors (Lipinski definition) is 3. The van der Waals surface area contributed by atoms with Crippen molar-refractivity contribution in [1.29, 1.82) is 0 Å². The van der Waals surface area contributed by atoms with E-state index in [4.69, 9.17) is 4.74 Å². The third-order valence-electron chi connectivity index (χ3n) is 3.74. The van der Waals surface area contributed by atoms with Gasteiger partial charge >= 0.3 is 0 Å². The minimum atomic E-state index is -0.408. The Labute approximate surface area is 109 Å². The average molecular weight is 298 g/mol. The van der Waals surface area contributed by atoms with E-state index < -0.39 is 6.10 Å². The van der Waals surface area contributed by atoms with Gasteiger partial charge in [-0.05, 0) is 44.1 Å².